The van der Waals surface area contributed by atoms with Crippen LogP contribution in [-0.2, 0) is 24.5 Å². The molecule has 0 aliphatic rings. The average Bonchev–Trinajstić information content (AvgIpc) is 2.85. The third-order valence-electron chi connectivity index (χ3n) is 5.37. The molecular formula is C29H31ClN2O5. The highest BCUT2D eigenvalue weighted by Gasteiger charge is 2.13. The first-order valence-corrected chi connectivity index (χ1v) is 12.4. The first-order chi connectivity index (χ1) is 17.6. The van der Waals surface area contributed by atoms with Gasteiger partial charge in [-0.3, -0.25) is 14.4 Å². The number of halogens is 1. The van der Waals surface area contributed by atoms with Crippen molar-refractivity contribution in [3.05, 3.63) is 83.4 Å². The number of rotatable bonds is 10. The summed E-state index contributed by atoms with van der Waals surface area (Å²) < 4.78 is 10.8. The Bertz CT molecular complexity index is 1200. The summed E-state index contributed by atoms with van der Waals surface area (Å²) in [7, 11) is 0. The van der Waals surface area contributed by atoms with Crippen molar-refractivity contribution < 1.29 is 23.9 Å². The Morgan fingerprint density at radius 2 is 1.24 bits per heavy atom. The van der Waals surface area contributed by atoms with E-state index in [-0.39, 0.29) is 24.2 Å². The van der Waals surface area contributed by atoms with Gasteiger partial charge >= 0.3 is 5.97 Å². The summed E-state index contributed by atoms with van der Waals surface area (Å²) in [5, 5.41) is 5.95. The van der Waals surface area contributed by atoms with Crippen molar-refractivity contribution in [2.45, 2.75) is 45.4 Å². The number of ether oxygens (including phenoxy) is 2. The largest absolute Gasteiger partial charge is 0.457 e. The molecule has 0 radical (unpaired) electrons. The van der Waals surface area contributed by atoms with Gasteiger partial charge in [-0.25, -0.2) is 0 Å². The van der Waals surface area contributed by atoms with Gasteiger partial charge in [-0.05, 0) is 78.1 Å². The molecule has 0 aromatic heterocycles. The third-order valence-corrected chi connectivity index (χ3v) is 5.62. The van der Waals surface area contributed by atoms with E-state index in [1.807, 2.05) is 12.1 Å². The quantitative estimate of drug-likeness (QED) is 0.288. The number of hydrogen-bond acceptors (Lipinski definition) is 5. The second-order valence-electron chi connectivity index (χ2n) is 9.52. The smallest absolute Gasteiger partial charge is 0.306 e. The van der Waals surface area contributed by atoms with Crippen LogP contribution in [-0.4, -0.2) is 24.4 Å². The molecule has 0 aliphatic carbocycles. The highest BCUT2D eigenvalue weighted by Crippen LogP contribution is 2.27. The van der Waals surface area contributed by atoms with Gasteiger partial charge in [-0.15, -0.1) is 0 Å². The third kappa shape index (κ3) is 9.61. The lowest BCUT2D eigenvalue weighted by Gasteiger charge is -2.19. The molecule has 0 saturated heterocycles. The standard InChI is InChI=1S/C29H31ClN2O5/c1-29(2,3)20-7-15-24(16-8-20)37-25-17-13-23(14-18-25)31-26(33)5-4-6-28(35)36-19-27(34)32-22-11-9-21(30)10-12-22/h7-18H,4-6,19H2,1-3H3,(H,31,33)(H,32,34). The van der Waals surface area contributed by atoms with Crippen LogP contribution in [0.25, 0.3) is 0 Å². The summed E-state index contributed by atoms with van der Waals surface area (Å²) in [5.74, 6) is 0.169. The van der Waals surface area contributed by atoms with Crippen molar-refractivity contribution in [3.63, 3.8) is 0 Å². The van der Waals surface area contributed by atoms with Crippen LogP contribution in [0.5, 0.6) is 11.5 Å². The monoisotopic (exact) mass is 522 g/mol. The van der Waals surface area contributed by atoms with E-state index in [9.17, 15) is 14.4 Å². The SMILES string of the molecule is CC(C)(C)c1ccc(Oc2ccc(NC(=O)CCCC(=O)OCC(=O)Nc3ccc(Cl)cc3)cc2)cc1. The molecule has 0 saturated carbocycles. The van der Waals surface area contributed by atoms with E-state index >= 15 is 0 Å². The molecule has 0 aliphatic heterocycles. The molecule has 2 N–H and O–H groups in total. The predicted molar refractivity (Wildman–Crippen MR) is 145 cm³/mol. The van der Waals surface area contributed by atoms with Gasteiger partial charge in [0.1, 0.15) is 11.5 Å². The van der Waals surface area contributed by atoms with Gasteiger partial charge in [0.2, 0.25) is 5.91 Å². The first kappa shape index (κ1) is 27.7. The molecule has 3 rings (SSSR count). The normalized spacial score (nSPS) is 10.9. The minimum Gasteiger partial charge on any atom is -0.457 e. The number of benzene rings is 3. The minimum atomic E-state index is -0.545. The summed E-state index contributed by atoms with van der Waals surface area (Å²) in [6.07, 6.45) is 0.474. The van der Waals surface area contributed by atoms with E-state index in [1.165, 1.54) is 5.56 Å². The van der Waals surface area contributed by atoms with Gasteiger partial charge in [0, 0.05) is 29.2 Å². The number of hydrogen-bond donors (Lipinski definition) is 2. The summed E-state index contributed by atoms with van der Waals surface area (Å²) in [6, 6.07) is 21.6. The van der Waals surface area contributed by atoms with E-state index in [0.29, 0.717) is 28.6 Å². The van der Waals surface area contributed by atoms with Crippen molar-refractivity contribution in [2.75, 3.05) is 17.2 Å². The minimum absolute atomic E-state index is 0.0302. The molecule has 8 heteroatoms. The van der Waals surface area contributed by atoms with Crippen molar-refractivity contribution >= 4 is 40.8 Å². The molecule has 0 bridgehead atoms. The summed E-state index contributed by atoms with van der Waals surface area (Å²) >= 11 is 5.80. The van der Waals surface area contributed by atoms with Crippen LogP contribution in [0.3, 0.4) is 0 Å². The van der Waals surface area contributed by atoms with Crippen LogP contribution in [0, 0.1) is 0 Å². The summed E-state index contributed by atoms with van der Waals surface area (Å²) in [4.78, 5) is 36.0. The van der Waals surface area contributed by atoms with Crippen LogP contribution >= 0.6 is 11.6 Å². The van der Waals surface area contributed by atoms with Gasteiger partial charge in [-0.2, -0.15) is 0 Å². The zero-order valence-corrected chi connectivity index (χ0v) is 21.9. The number of nitrogens with one attached hydrogen (secondary N) is 2. The zero-order chi connectivity index (χ0) is 26.8. The molecule has 0 fully saturated rings. The van der Waals surface area contributed by atoms with Crippen molar-refractivity contribution in [2.24, 2.45) is 0 Å². The Hall–Kier alpha value is -3.84. The first-order valence-electron chi connectivity index (χ1n) is 12.0. The van der Waals surface area contributed by atoms with Crippen LogP contribution in [0.2, 0.25) is 5.02 Å². The molecule has 0 atom stereocenters. The van der Waals surface area contributed by atoms with Crippen LogP contribution in [0.15, 0.2) is 72.8 Å². The lowest BCUT2D eigenvalue weighted by Crippen LogP contribution is -2.21. The molecule has 2 amide bonds. The van der Waals surface area contributed by atoms with Crippen molar-refractivity contribution in [1.29, 1.82) is 0 Å². The Morgan fingerprint density at radius 3 is 1.81 bits per heavy atom. The van der Waals surface area contributed by atoms with Gasteiger partial charge < -0.3 is 20.1 Å². The molecule has 0 heterocycles. The van der Waals surface area contributed by atoms with Crippen LogP contribution < -0.4 is 15.4 Å². The molecule has 0 unspecified atom stereocenters. The lowest BCUT2D eigenvalue weighted by molar-refractivity contribution is -0.147. The fourth-order valence-corrected chi connectivity index (χ4v) is 3.46. The Labute approximate surface area is 222 Å². The summed E-state index contributed by atoms with van der Waals surface area (Å²) in [5.41, 5.74) is 2.48. The average molecular weight is 523 g/mol. The maximum atomic E-state index is 12.2. The van der Waals surface area contributed by atoms with Gasteiger partial charge in [-0.1, -0.05) is 44.5 Å². The number of esters is 1. The number of amides is 2. The van der Waals surface area contributed by atoms with Gasteiger partial charge in [0.15, 0.2) is 6.61 Å². The Balaban J connectivity index is 1.34. The summed E-state index contributed by atoms with van der Waals surface area (Å²) in [6.45, 7) is 6.08. The molecule has 0 spiro atoms. The second kappa shape index (κ2) is 12.9. The Kier molecular flexibility index (Phi) is 9.69. The molecule has 3 aromatic rings. The lowest BCUT2D eigenvalue weighted by atomic mass is 9.87. The maximum absolute atomic E-state index is 12.2. The van der Waals surface area contributed by atoms with Gasteiger partial charge in [0.05, 0.1) is 0 Å². The highest BCUT2D eigenvalue weighted by molar-refractivity contribution is 6.30. The maximum Gasteiger partial charge on any atom is 0.306 e. The van der Waals surface area contributed by atoms with E-state index < -0.39 is 18.5 Å². The number of anilines is 2. The molecule has 3 aromatic carbocycles. The fourth-order valence-electron chi connectivity index (χ4n) is 3.33. The molecular weight excluding hydrogens is 492 g/mol. The van der Waals surface area contributed by atoms with E-state index in [4.69, 9.17) is 21.1 Å². The van der Waals surface area contributed by atoms with E-state index in [2.05, 4.69) is 43.5 Å². The van der Waals surface area contributed by atoms with E-state index in [1.54, 1.807) is 48.5 Å². The highest BCUT2D eigenvalue weighted by atomic mass is 35.5. The molecule has 37 heavy (non-hydrogen) atoms. The van der Waals surface area contributed by atoms with E-state index in [0.717, 1.165) is 5.75 Å². The zero-order valence-electron chi connectivity index (χ0n) is 21.2. The Morgan fingerprint density at radius 1 is 0.730 bits per heavy atom. The van der Waals surface area contributed by atoms with Crippen LogP contribution in [0.1, 0.15) is 45.6 Å². The fraction of sp³-hybridized carbons (Fsp3) is 0.276. The van der Waals surface area contributed by atoms with Crippen LogP contribution in [0.4, 0.5) is 11.4 Å². The molecule has 194 valence electrons. The van der Waals surface area contributed by atoms with Crippen molar-refractivity contribution in [1.82, 2.24) is 0 Å². The predicted octanol–water partition coefficient (Wildman–Crippen LogP) is 6.72. The topological polar surface area (TPSA) is 93.7 Å². The van der Waals surface area contributed by atoms with Gasteiger partial charge in [0.25, 0.3) is 5.91 Å². The number of carbonyl (C=O) groups excluding carboxylic acids is 3. The number of carbonyl (C=O) groups is 3. The van der Waals surface area contributed by atoms with Crippen molar-refractivity contribution in [3.8, 4) is 11.5 Å². The second-order valence-corrected chi connectivity index (χ2v) is 9.95. The molecule has 7 nitrogen and oxygen atoms in total.